The number of nitrogens with zero attached hydrogens (tertiary/aromatic N) is 2. The molecule has 0 aliphatic heterocycles. The zero-order valence-electron chi connectivity index (χ0n) is 13.9. The van der Waals surface area contributed by atoms with Crippen LogP contribution in [0, 0.1) is 0 Å². The molecule has 0 atom stereocenters. The van der Waals surface area contributed by atoms with Gasteiger partial charge in [0.15, 0.2) is 5.96 Å². The minimum absolute atomic E-state index is 0.661. The third-order valence-electron chi connectivity index (χ3n) is 3.30. The number of thiazole rings is 1. The first-order valence-corrected chi connectivity index (χ1v) is 8.67. The lowest BCUT2D eigenvalue weighted by atomic mass is 10.2. The molecule has 0 saturated carbocycles. The molecule has 0 bridgehead atoms. The van der Waals surface area contributed by atoms with Crippen molar-refractivity contribution >= 4 is 17.3 Å². The Labute approximate surface area is 141 Å². The predicted molar refractivity (Wildman–Crippen MR) is 96.1 cm³/mol. The van der Waals surface area contributed by atoms with Crippen molar-refractivity contribution in [3.05, 3.63) is 45.9 Å². The van der Waals surface area contributed by atoms with Crippen molar-refractivity contribution in [2.24, 2.45) is 4.99 Å². The van der Waals surface area contributed by atoms with Crippen LogP contribution in [-0.2, 0) is 19.5 Å². The number of rotatable bonds is 7. The Balaban J connectivity index is 1.88. The van der Waals surface area contributed by atoms with Gasteiger partial charge in [-0.2, -0.15) is 0 Å². The summed E-state index contributed by atoms with van der Waals surface area (Å²) in [6.07, 6.45) is 2.97. The van der Waals surface area contributed by atoms with Crippen molar-refractivity contribution < 1.29 is 4.74 Å². The third kappa shape index (κ3) is 5.25. The van der Waals surface area contributed by atoms with Crippen molar-refractivity contribution in [2.75, 3.05) is 13.7 Å². The Hall–Kier alpha value is -2.08. The molecule has 1 heterocycles. The van der Waals surface area contributed by atoms with Crippen LogP contribution >= 0.6 is 11.3 Å². The molecule has 0 aliphatic rings. The van der Waals surface area contributed by atoms with Crippen LogP contribution in [0.1, 0.15) is 29.3 Å². The number of ether oxygens (including phenoxy) is 1. The first kappa shape index (κ1) is 17.3. The molecule has 1 aromatic heterocycles. The summed E-state index contributed by atoms with van der Waals surface area (Å²) in [5, 5.41) is 7.67. The maximum Gasteiger partial charge on any atom is 0.191 e. The van der Waals surface area contributed by atoms with Crippen molar-refractivity contribution in [2.45, 2.75) is 33.4 Å². The van der Waals surface area contributed by atoms with Gasteiger partial charge in [-0.1, -0.05) is 25.1 Å². The third-order valence-corrected chi connectivity index (χ3v) is 4.44. The van der Waals surface area contributed by atoms with E-state index in [0.717, 1.165) is 28.7 Å². The summed E-state index contributed by atoms with van der Waals surface area (Å²) in [5.41, 5.74) is 1.11. The Kier molecular flexibility index (Phi) is 6.87. The standard InChI is InChI=1S/C17H24N4OS/c1-4-14-11-19-16(23-14)12-21-17(18-3)20-10-13-8-6-7-9-15(13)22-5-2/h6-9,11H,4-5,10,12H2,1-3H3,(H2,18,20,21). The van der Waals surface area contributed by atoms with Gasteiger partial charge in [0, 0.05) is 30.2 Å². The molecule has 2 aromatic rings. The quantitative estimate of drug-likeness (QED) is 0.604. The largest absolute Gasteiger partial charge is 0.494 e. The maximum atomic E-state index is 5.64. The summed E-state index contributed by atoms with van der Waals surface area (Å²) in [4.78, 5) is 9.96. The van der Waals surface area contributed by atoms with Gasteiger partial charge < -0.3 is 15.4 Å². The molecule has 1 aromatic carbocycles. The van der Waals surface area contributed by atoms with Crippen LogP contribution in [0.15, 0.2) is 35.5 Å². The highest BCUT2D eigenvalue weighted by atomic mass is 32.1. The molecule has 5 nitrogen and oxygen atoms in total. The molecule has 2 N–H and O–H groups in total. The highest BCUT2D eigenvalue weighted by Gasteiger charge is 2.05. The van der Waals surface area contributed by atoms with Crippen LogP contribution in [0.4, 0.5) is 0 Å². The summed E-state index contributed by atoms with van der Waals surface area (Å²) in [6.45, 7) is 6.13. The van der Waals surface area contributed by atoms with Gasteiger partial charge in [-0.3, -0.25) is 4.99 Å². The highest BCUT2D eigenvalue weighted by molar-refractivity contribution is 7.11. The van der Waals surface area contributed by atoms with E-state index in [0.29, 0.717) is 19.7 Å². The number of hydrogen-bond donors (Lipinski definition) is 2. The van der Waals surface area contributed by atoms with Crippen molar-refractivity contribution in [3.8, 4) is 5.75 Å². The van der Waals surface area contributed by atoms with Crippen LogP contribution < -0.4 is 15.4 Å². The van der Waals surface area contributed by atoms with Crippen LogP contribution in [0.5, 0.6) is 5.75 Å². The molecular formula is C17H24N4OS. The van der Waals surface area contributed by atoms with Crippen LogP contribution in [0.2, 0.25) is 0 Å². The molecule has 0 unspecified atom stereocenters. The van der Waals surface area contributed by atoms with Crippen LogP contribution in [0.25, 0.3) is 0 Å². The molecule has 0 spiro atoms. The summed E-state index contributed by atoms with van der Waals surface area (Å²) in [5.74, 6) is 1.66. The van der Waals surface area contributed by atoms with Gasteiger partial charge in [-0.25, -0.2) is 4.98 Å². The lowest BCUT2D eigenvalue weighted by Crippen LogP contribution is -2.36. The molecule has 23 heavy (non-hydrogen) atoms. The van der Waals surface area contributed by atoms with Gasteiger partial charge >= 0.3 is 0 Å². The molecule has 2 rings (SSSR count). The van der Waals surface area contributed by atoms with Gasteiger partial charge in [0.25, 0.3) is 0 Å². The second kappa shape index (κ2) is 9.15. The number of hydrogen-bond acceptors (Lipinski definition) is 4. The van der Waals surface area contributed by atoms with Crippen LogP contribution in [0.3, 0.4) is 0 Å². The zero-order valence-corrected chi connectivity index (χ0v) is 14.7. The van der Waals surface area contributed by atoms with Gasteiger partial charge in [-0.15, -0.1) is 11.3 Å². The fourth-order valence-electron chi connectivity index (χ4n) is 2.10. The van der Waals surface area contributed by atoms with Gasteiger partial charge in [0.2, 0.25) is 0 Å². The van der Waals surface area contributed by atoms with Gasteiger partial charge in [-0.05, 0) is 19.4 Å². The summed E-state index contributed by atoms with van der Waals surface area (Å²) < 4.78 is 5.64. The number of benzene rings is 1. The first-order chi connectivity index (χ1) is 11.3. The molecule has 6 heteroatoms. The number of nitrogens with one attached hydrogen (secondary N) is 2. The summed E-state index contributed by atoms with van der Waals surface area (Å²) in [6, 6.07) is 8.03. The fourth-order valence-corrected chi connectivity index (χ4v) is 2.90. The zero-order chi connectivity index (χ0) is 16.5. The molecule has 0 amide bonds. The van der Waals surface area contributed by atoms with Gasteiger partial charge in [0.1, 0.15) is 10.8 Å². The smallest absolute Gasteiger partial charge is 0.191 e. The summed E-state index contributed by atoms with van der Waals surface area (Å²) in [7, 11) is 1.77. The number of aliphatic imine (C=N–C) groups is 1. The molecule has 0 radical (unpaired) electrons. The van der Waals surface area contributed by atoms with E-state index in [1.807, 2.05) is 31.3 Å². The van der Waals surface area contributed by atoms with Crippen LogP contribution in [-0.4, -0.2) is 24.6 Å². The lowest BCUT2D eigenvalue weighted by Gasteiger charge is -2.13. The second-order valence-electron chi connectivity index (χ2n) is 4.89. The molecule has 0 aliphatic carbocycles. The second-order valence-corrected chi connectivity index (χ2v) is 6.09. The average Bonchev–Trinajstić information content (AvgIpc) is 3.04. The lowest BCUT2D eigenvalue weighted by molar-refractivity contribution is 0.336. The number of para-hydroxylation sites is 1. The minimum Gasteiger partial charge on any atom is -0.494 e. The molecule has 0 fully saturated rings. The monoisotopic (exact) mass is 332 g/mol. The maximum absolute atomic E-state index is 5.64. The topological polar surface area (TPSA) is 58.5 Å². The number of guanidine groups is 1. The molecule has 0 saturated heterocycles. The minimum atomic E-state index is 0.661. The number of aromatic nitrogens is 1. The van der Waals surface area contributed by atoms with E-state index in [9.17, 15) is 0 Å². The molecular weight excluding hydrogens is 308 g/mol. The van der Waals surface area contributed by atoms with E-state index in [4.69, 9.17) is 4.74 Å². The SMILES string of the molecule is CCOc1ccccc1CNC(=NC)NCc1ncc(CC)s1. The Morgan fingerprint density at radius 2 is 2.00 bits per heavy atom. The Morgan fingerprint density at radius 3 is 2.70 bits per heavy atom. The van der Waals surface area contributed by atoms with E-state index in [1.54, 1.807) is 18.4 Å². The normalized spacial score (nSPS) is 11.3. The van der Waals surface area contributed by atoms with E-state index in [-0.39, 0.29) is 0 Å². The van der Waals surface area contributed by atoms with Crippen molar-refractivity contribution in [1.82, 2.24) is 15.6 Å². The summed E-state index contributed by atoms with van der Waals surface area (Å²) >= 11 is 1.73. The van der Waals surface area contributed by atoms with E-state index >= 15 is 0 Å². The Morgan fingerprint density at radius 1 is 1.22 bits per heavy atom. The van der Waals surface area contributed by atoms with E-state index in [1.165, 1.54) is 4.88 Å². The van der Waals surface area contributed by atoms with Crippen molar-refractivity contribution in [3.63, 3.8) is 0 Å². The van der Waals surface area contributed by atoms with E-state index < -0.39 is 0 Å². The Bertz CT molecular complexity index is 639. The van der Waals surface area contributed by atoms with E-state index in [2.05, 4.69) is 33.6 Å². The molecule has 124 valence electrons. The fraction of sp³-hybridized carbons (Fsp3) is 0.412. The average molecular weight is 332 g/mol. The first-order valence-electron chi connectivity index (χ1n) is 7.85. The van der Waals surface area contributed by atoms with Gasteiger partial charge in [0.05, 0.1) is 13.2 Å². The highest BCUT2D eigenvalue weighted by Crippen LogP contribution is 2.17. The van der Waals surface area contributed by atoms with Crippen molar-refractivity contribution in [1.29, 1.82) is 0 Å². The predicted octanol–water partition coefficient (Wildman–Crippen LogP) is 2.97. The number of aryl methyl sites for hydroxylation is 1.